The normalized spacial score (nSPS) is 14.1. The first-order chi connectivity index (χ1) is 19.4. The molecular formula is C35H38O5. The van der Waals surface area contributed by atoms with Crippen LogP contribution in [0.15, 0.2) is 109 Å². The molecule has 0 bridgehead atoms. The minimum atomic E-state index is -0.791. The van der Waals surface area contributed by atoms with Crippen LogP contribution in [0.3, 0.4) is 0 Å². The topological polar surface area (TPSA) is 54.0 Å². The van der Waals surface area contributed by atoms with Crippen LogP contribution in [0.2, 0.25) is 0 Å². The number of carbonyl (C=O) groups is 1. The summed E-state index contributed by atoms with van der Waals surface area (Å²) >= 11 is 0. The summed E-state index contributed by atoms with van der Waals surface area (Å²) in [4.78, 5) is 12.6. The average molecular weight is 539 g/mol. The molecule has 0 aliphatic heterocycles. The number of hydrogen-bond donors (Lipinski definition) is 0. The van der Waals surface area contributed by atoms with Gasteiger partial charge in [-0.3, -0.25) is 0 Å². The number of rotatable bonds is 12. The summed E-state index contributed by atoms with van der Waals surface area (Å²) < 4.78 is 22.6. The Hall–Kier alpha value is -3.93. The smallest absolute Gasteiger partial charge is 0.395 e. The second-order valence-corrected chi connectivity index (χ2v) is 10.2. The fraction of sp³-hybridized carbons (Fsp3) is 0.286. The number of carbonyl (C=O) groups excluding carboxylic acids is 1. The average Bonchev–Trinajstić information content (AvgIpc) is 3.00. The maximum absolute atomic E-state index is 12.6. The molecule has 0 radical (unpaired) electrons. The molecule has 5 nitrogen and oxygen atoms in total. The Labute approximate surface area is 237 Å². The van der Waals surface area contributed by atoms with Gasteiger partial charge in [-0.25, -0.2) is 4.79 Å². The van der Waals surface area contributed by atoms with Crippen molar-refractivity contribution in [3.63, 3.8) is 0 Å². The van der Waals surface area contributed by atoms with E-state index >= 15 is 0 Å². The lowest BCUT2D eigenvalue weighted by Crippen LogP contribution is -2.30. The highest BCUT2D eigenvalue weighted by Crippen LogP contribution is 2.35. The zero-order valence-electron chi connectivity index (χ0n) is 23.8. The fourth-order valence-corrected chi connectivity index (χ4v) is 4.89. The summed E-state index contributed by atoms with van der Waals surface area (Å²) in [5, 5.41) is 0. The highest BCUT2D eigenvalue weighted by atomic mass is 16.7. The Morgan fingerprint density at radius 2 is 0.850 bits per heavy atom. The molecule has 0 heterocycles. The Morgan fingerprint density at radius 1 is 0.525 bits per heavy atom. The number of benzene rings is 4. The van der Waals surface area contributed by atoms with Crippen molar-refractivity contribution in [2.24, 2.45) is 0 Å². The zero-order chi connectivity index (χ0) is 28.4. The fourth-order valence-electron chi connectivity index (χ4n) is 4.89. The van der Waals surface area contributed by atoms with E-state index in [9.17, 15) is 4.79 Å². The van der Waals surface area contributed by atoms with Crippen molar-refractivity contribution in [2.45, 2.75) is 38.5 Å². The van der Waals surface area contributed by atoms with E-state index in [1.54, 1.807) is 24.3 Å². The van der Waals surface area contributed by atoms with Gasteiger partial charge in [-0.05, 0) is 74.2 Å². The second kappa shape index (κ2) is 13.4. The second-order valence-electron chi connectivity index (χ2n) is 10.2. The van der Waals surface area contributed by atoms with E-state index in [-0.39, 0.29) is 10.8 Å². The lowest BCUT2D eigenvalue weighted by atomic mass is 9.77. The summed E-state index contributed by atoms with van der Waals surface area (Å²) in [5.41, 5.74) is 3.77. The molecule has 0 aromatic heterocycles. The molecule has 2 unspecified atom stereocenters. The van der Waals surface area contributed by atoms with Gasteiger partial charge in [0.25, 0.3) is 0 Å². The molecule has 2 atom stereocenters. The van der Waals surface area contributed by atoms with Crippen molar-refractivity contribution >= 4 is 6.16 Å². The summed E-state index contributed by atoms with van der Waals surface area (Å²) in [6.45, 7) is 10.6. The van der Waals surface area contributed by atoms with Gasteiger partial charge in [-0.2, -0.15) is 0 Å². The van der Waals surface area contributed by atoms with Crippen LogP contribution in [-0.4, -0.2) is 32.6 Å². The third-order valence-corrected chi connectivity index (χ3v) is 7.40. The predicted molar refractivity (Wildman–Crippen MR) is 158 cm³/mol. The van der Waals surface area contributed by atoms with Gasteiger partial charge in [0.2, 0.25) is 0 Å². The molecule has 0 fully saturated rings. The summed E-state index contributed by atoms with van der Waals surface area (Å²) in [6, 6.07) is 35.5. The van der Waals surface area contributed by atoms with Gasteiger partial charge in [-0.1, -0.05) is 84.9 Å². The Balaban J connectivity index is 1.44. The molecule has 0 N–H and O–H groups in total. The number of hydrogen-bond acceptors (Lipinski definition) is 5. The van der Waals surface area contributed by atoms with E-state index < -0.39 is 6.16 Å². The third kappa shape index (κ3) is 6.79. The predicted octanol–water partition coefficient (Wildman–Crippen LogP) is 7.95. The molecule has 208 valence electrons. The van der Waals surface area contributed by atoms with E-state index in [4.69, 9.17) is 18.9 Å². The highest BCUT2D eigenvalue weighted by Gasteiger charge is 2.30. The quantitative estimate of drug-likeness (QED) is 0.135. The maximum atomic E-state index is 12.6. The van der Waals surface area contributed by atoms with Crippen LogP contribution in [0.1, 0.15) is 49.9 Å². The van der Waals surface area contributed by atoms with Crippen LogP contribution in [0.5, 0.6) is 11.5 Å². The Morgan fingerprint density at radius 3 is 1.18 bits per heavy atom. The minimum absolute atomic E-state index is 0.339. The Kier molecular flexibility index (Phi) is 9.75. The van der Waals surface area contributed by atoms with Crippen molar-refractivity contribution in [2.75, 3.05) is 26.4 Å². The van der Waals surface area contributed by atoms with Crippen LogP contribution in [0.25, 0.3) is 0 Å². The van der Waals surface area contributed by atoms with Crippen molar-refractivity contribution < 1.29 is 23.7 Å². The van der Waals surface area contributed by atoms with Crippen molar-refractivity contribution in [1.29, 1.82) is 0 Å². The lowest BCUT2D eigenvalue weighted by Gasteiger charge is -2.31. The maximum Gasteiger partial charge on any atom is 0.519 e. The molecule has 5 heteroatoms. The van der Waals surface area contributed by atoms with E-state index in [0.717, 1.165) is 22.3 Å². The molecule has 0 saturated heterocycles. The minimum Gasteiger partial charge on any atom is -0.395 e. The van der Waals surface area contributed by atoms with Crippen LogP contribution >= 0.6 is 0 Å². The molecule has 4 rings (SSSR count). The van der Waals surface area contributed by atoms with Crippen LogP contribution in [0, 0.1) is 0 Å². The first-order valence-corrected chi connectivity index (χ1v) is 13.8. The van der Waals surface area contributed by atoms with Gasteiger partial charge in [0, 0.05) is 24.0 Å². The third-order valence-electron chi connectivity index (χ3n) is 7.40. The van der Waals surface area contributed by atoms with Crippen molar-refractivity contribution in [1.82, 2.24) is 0 Å². The number of ether oxygens (including phenoxy) is 4. The molecule has 4 aromatic carbocycles. The Bertz CT molecular complexity index is 1230. The highest BCUT2D eigenvalue weighted by molar-refractivity contribution is 5.67. The molecule has 4 aromatic rings. The first-order valence-electron chi connectivity index (χ1n) is 13.8. The summed E-state index contributed by atoms with van der Waals surface area (Å²) in [6.07, 6.45) is -0.791. The molecule has 0 aliphatic carbocycles. The van der Waals surface area contributed by atoms with Crippen molar-refractivity contribution in [3.8, 4) is 11.5 Å². The molecule has 0 saturated carbocycles. The molecule has 0 spiro atoms. The van der Waals surface area contributed by atoms with Gasteiger partial charge >= 0.3 is 6.16 Å². The standard InChI is InChI=1S/C35H38O5/c1-5-37-25-34(3,27-13-9-7-10-14-27)29-17-21-31(22-18-29)39-33(36)40-32-23-19-30(20-24-32)35(4,26-38-6-2)28-15-11-8-12-16-28/h7-24H,5-6,25-26H2,1-4H3. The van der Waals surface area contributed by atoms with Crippen LogP contribution < -0.4 is 9.47 Å². The lowest BCUT2D eigenvalue weighted by molar-refractivity contribution is 0.112. The molecular weight excluding hydrogens is 500 g/mol. The summed E-state index contributed by atoms with van der Waals surface area (Å²) in [7, 11) is 0. The van der Waals surface area contributed by atoms with Gasteiger partial charge in [-0.15, -0.1) is 0 Å². The zero-order valence-corrected chi connectivity index (χ0v) is 23.8. The van der Waals surface area contributed by atoms with Gasteiger partial charge in [0.05, 0.1) is 13.2 Å². The van der Waals surface area contributed by atoms with E-state index in [1.165, 1.54) is 0 Å². The van der Waals surface area contributed by atoms with E-state index in [0.29, 0.717) is 37.9 Å². The van der Waals surface area contributed by atoms with Gasteiger partial charge in [0.1, 0.15) is 11.5 Å². The van der Waals surface area contributed by atoms with E-state index in [1.807, 2.05) is 74.5 Å². The van der Waals surface area contributed by atoms with Crippen molar-refractivity contribution in [3.05, 3.63) is 131 Å². The van der Waals surface area contributed by atoms with Crippen LogP contribution in [-0.2, 0) is 20.3 Å². The van der Waals surface area contributed by atoms with Gasteiger partial charge in [0.15, 0.2) is 0 Å². The molecule has 0 aliphatic rings. The SMILES string of the molecule is CCOCC(C)(c1ccccc1)c1ccc(OC(=O)Oc2ccc(C(C)(COCC)c3ccccc3)cc2)cc1. The van der Waals surface area contributed by atoms with E-state index in [2.05, 4.69) is 38.1 Å². The largest absolute Gasteiger partial charge is 0.519 e. The molecule has 40 heavy (non-hydrogen) atoms. The van der Waals surface area contributed by atoms with Crippen LogP contribution in [0.4, 0.5) is 4.79 Å². The molecule has 0 amide bonds. The first kappa shape index (κ1) is 29.1. The summed E-state index contributed by atoms with van der Waals surface area (Å²) in [5.74, 6) is 0.816. The monoisotopic (exact) mass is 538 g/mol. The van der Waals surface area contributed by atoms with Gasteiger partial charge < -0.3 is 18.9 Å².